The van der Waals surface area contributed by atoms with Gasteiger partial charge >= 0.3 is 5.69 Å². The van der Waals surface area contributed by atoms with E-state index < -0.39 is 10.0 Å². The molecule has 0 aliphatic carbocycles. The lowest BCUT2D eigenvalue weighted by Crippen LogP contribution is -2.19. The number of nitrogens with zero attached hydrogens (tertiary/aromatic N) is 4. The molecule has 0 fully saturated rings. The minimum Gasteiger partial charge on any atom is -0.295 e. The van der Waals surface area contributed by atoms with Crippen molar-refractivity contribution in [3.05, 3.63) is 40.4 Å². The maximum Gasteiger partial charge on any atom is 0.328 e. The molecule has 0 atom stereocenters. The van der Waals surface area contributed by atoms with Crippen LogP contribution in [0, 0.1) is 0 Å². The molecule has 9 heteroatoms. The van der Waals surface area contributed by atoms with Gasteiger partial charge in [-0.25, -0.2) is 17.9 Å². The fourth-order valence-corrected chi connectivity index (χ4v) is 4.03. The molecular weight excluding hydrogens is 366 g/mol. The Morgan fingerprint density at radius 3 is 2.30 bits per heavy atom. The van der Waals surface area contributed by atoms with Gasteiger partial charge in [-0.1, -0.05) is 20.8 Å². The van der Waals surface area contributed by atoms with Gasteiger partial charge in [0.05, 0.1) is 21.6 Å². The average molecular weight is 391 g/mol. The van der Waals surface area contributed by atoms with Crippen LogP contribution < -0.4 is 10.4 Å². The Kier molecular flexibility index (Phi) is 4.46. The Bertz CT molecular complexity index is 1180. The molecule has 0 aliphatic heterocycles. The van der Waals surface area contributed by atoms with Gasteiger partial charge in [0, 0.05) is 32.1 Å². The first-order chi connectivity index (χ1) is 12.5. The van der Waals surface area contributed by atoms with Crippen LogP contribution in [0.5, 0.6) is 0 Å². The smallest absolute Gasteiger partial charge is 0.295 e. The van der Waals surface area contributed by atoms with E-state index in [2.05, 4.69) is 9.82 Å². The quantitative estimate of drug-likeness (QED) is 0.738. The fraction of sp³-hybridized carbons (Fsp3) is 0.444. The second-order valence-corrected chi connectivity index (χ2v) is 9.32. The fourth-order valence-electron chi connectivity index (χ4n) is 2.96. The summed E-state index contributed by atoms with van der Waals surface area (Å²) in [4.78, 5) is 12.2. The lowest BCUT2D eigenvalue weighted by Gasteiger charge is -2.13. The zero-order valence-corrected chi connectivity index (χ0v) is 17.3. The molecule has 1 N–H and O–H groups in total. The van der Waals surface area contributed by atoms with Crippen LogP contribution in [0.1, 0.15) is 33.4 Å². The minimum atomic E-state index is -3.83. The van der Waals surface area contributed by atoms with E-state index in [4.69, 9.17) is 0 Å². The van der Waals surface area contributed by atoms with Crippen molar-refractivity contribution in [2.24, 2.45) is 14.1 Å². The second-order valence-electron chi connectivity index (χ2n) is 7.64. The van der Waals surface area contributed by atoms with Crippen molar-refractivity contribution in [2.45, 2.75) is 44.6 Å². The maximum atomic E-state index is 12.9. The summed E-state index contributed by atoms with van der Waals surface area (Å²) in [5, 5.41) is 4.50. The number of imidazole rings is 1. The first-order valence-electron chi connectivity index (χ1n) is 8.72. The van der Waals surface area contributed by atoms with E-state index in [1.807, 2.05) is 27.7 Å². The van der Waals surface area contributed by atoms with Gasteiger partial charge in [-0.05, 0) is 25.1 Å². The van der Waals surface area contributed by atoms with E-state index in [9.17, 15) is 13.2 Å². The minimum absolute atomic E-state index is 0.0948. The molecule has 2 heterocycles. The van der Waals surface area contributed by atoms with Crippen molar-refractivity contribution >= 4 is 26.9 Å². The molecule has 27 heavy (non-hydrogen) atoms. The van der Waals surface area contributed by atoms with Crippen molar-refractivity contribution < 1.29 is 8.42 Å². The van der Waals surface area contributed by atoms with Gasteiger partial charge < -0.3 is 0 Å². The van der Waals surface area contributed by atoms with Crippen LogP contribution in [0.15, 0.2) is 34.0 Å². The van der Waals surface area contributed by atoms with Gasteiger partial charge in [0.15, 0.2) is 0 Å². The third-order valence-corrected chi connectivity index (χ3v) is 5.99. The largest absolute Gasteiger partial charge is 0.328 e. The summed E-state index contributed by atoms with van der Waals surface area (Å²) in [5.74, 6) is 0.421. The van der Waals surface area contributed by atoms with Gasteiger partial charge in [-0.3, -0.25) is 13.9 Å². The Hall–Kier alpha value is -2.55. The Labute approximate surface area is 158 Å². The molecule has 0 unspecified atom stereocenters. The lowest BCUT2D eigenvalue weighted by molar-refractivity contribution is 0.542. The van der Waals surface area contributed by atoms with Crippen LogP contribution in [0.2, 0.25) is 0 Å². The number of aromatic nitrogens is 4. The molecule has 0 amide bonds. The zero-order chi connectivity index (χ0) is 20.1. The number of nitrogens with one attached hydrogen (secondary N) is 1. The number of benzene rings is 1. The van der Waals surface area contributed by atoms with Gasteiger partial charge in [0.2, 0.25) is 0 Å². The van der Waals surface area contributed by atoms with Crippen LogP contribution in [-0.2, 0) is 36.1 Å². The molecule has 0 saturated heterocycles. The third kappa shape index (κ3) is 3.27. The van der Waals surface area contributed by atoms with Crippen LogP contribution in [0.25, 0.3) is 11.0 Å². The molecule has 0 spiro atoms. The van der Waals surface area contributed by atoms with E-state index in [0.29, 0.717) is 23.4 Å². The summed E-state index contributed by atoms with van der Waals surface area (Å²) in [6.07, 6.45) is 0. The highest BCUT2D eigenvalue weighted by Crippen LogP contribution is 2.26. The van der Waals surface area contributed by atoms with Crippen LogP contribution in [-0.4, -0.2) is 27.3 Å². The SMILES string of the molecule is CCn1nc(C(C)(C)C)cc1NS(=O)(=O)c1ccc2c(c1)n(C)c(=O)n2C. The van der Waals surface area contributed by atoms with Crippen molar-refractivity contribution in [1.29, 1.82) is 0 Å². The molecular formula is C18H25N5O3S. The predicted molar refractivity (Wildman–Crippen MR) is 106 cm³/mol. The standard InChI is InChI=1S/C18H25N5O3S/c1-7-23-16(11-15(19-23)18(2,3)4)20-27(25,26)12-8-9-13-14(10-12)22(6)17(24)21(13)5/h8-11,20H,7H2,1-6H3. The van der Waals surface area contributed by atoms with E-state index in [-0.39, 0.29) is 16.0 Å². The van der Waals surface area contributed by atoms with Crippen molar-refractivity contribution in [2.75, 3.05) is 4.72 Å². The molecule has 2 aromatic heterocycles. The first-order valence-corrected chi connectivity index (χ1v) is 10.2. The van der Waals surface area contributed by atoms with Crippen molar-refractivity contribution in [1.82, 2.24) is 18.9 Å². The number of anilines is 1. The zero-order valence-electron chi connectivity index (χ0n) is 16.4. The predicted octanol–water partition coefficient (Wildman–Crippen LogP) is 2.19. The summed E-state index contributed by atoms with van der Waals surface area (Å²) in [6, 6.07) is 6.42. The second kappa shape index (κ2) is 6.26. The van der Waals surface area contributed by atoms with E-state index >= 15 is 0 Å². The molecule has 3 rings (SSSR count). The summed E-state index contributed by atoms with van der Waals surface area (Å²) in [5.41, 5.74) is 1.65. The summed E-state index contributed by atoms with van der Waals surface area (Å²) < 4.78 is 33.0. The summed E-state index contributed by atoms with van der Waals surface area (Å²) >= 11 is 0. The summed E-state index contributed by atoms with van der Waals surface area (Å²) in [6.45, 7) is 8.52. The van der Waals surface area contributed by atoms with E-state index in [1.54, 1.807) is 30.9 Å². The van der Waals surface area contributed by atoms with Gasteiger partial charge in [-0.15, -0.1) is 0 Å². The Balaban J connectivity index is 2.05. The average Bonchev–Trinajstić information content (AvgIpc) is 3.09. The van der Waals surface area contributed by atoms with Crippen LogP contribution >= 0.6 is 0 Å². The van der Waals surface area contributed by atoms with Gasteiger partial charge in [0.1, 0.15) is 5.82 Å². The van der Waals surface area contributed by atoms with Crippen LogP contribution in [0.4, 0.5) is 5.82 Å². The number of sulfonamides is 1. The highest BCUT2D eigenvalue weighted by atomic mass is 32.2. The Morgan fingerprint density at radius 2 is 1.70 bits per heavy atom. The number of rotatable bonds is 4. The number of hydrogen-bond donors (Lipinski definition) is 1. The van der Waals surface area contributed by atoms with E-state index in [0.717, 1.165) is 5.69 Å². The molecule has 146 valence electrons. The molecule has 3 aromatic rings. The molecule has 0 radical (unpaired) electrons. The number of fused-ring (bicyclic) bond motifs is 1. The molecule has 0 aliphatic rings. The third-order valence-electron chi connectivity index (χ3n) is 4.64. The highest BCUT2D eigenvalue weighted by molar-refractivity contribution is 7.92. The van der Waals surface area contributed by atoms with E-state index in [1.165, 1.54) is 21.3 Å². The molecule has 0 saturated carbocycles. The maximum absolute atomic E-state index is 12.9. The number of aryl methyl sites for hydroxylation is 3. The molecule has 1 aromatic carbocycles. The highest BCUT2D eigenvalue weighted by Gasteiger charge is 2.23. The van der Waals surface area contributed by atoms with Crippen molar-refractivity contribution in [3.8, 4) is 0 Å². The van der Waals surface area contributed by atoms with Crippen molar-refractivity contribution in [3.63, 3.8) is 0 Å². The summed E-state index contributed by atoms with van der Waals surface area (Å²) in [7, 11) is -0.546. The van der Waals surface area contributed by atoms with Crippen LogP contribution in [0.3, 0.4) is 0 Å². The normalized spacial score (nSPS) is 12.7. The molecule has 0 bridgehead atoms. The lowest BCUT2D eigenvalue weighted by atomic mass is 9.92. The monoisotopic (exact) mass is 391 g/mol. The molecule has 8 nitrogen and oxygen atoms in total. The number of hydrogen-bond acceptors (Lipinski definition) is 4. The topological polar surface area (TPSA) is 90.9 Å². The Morgan fingerprint density at radius 1 is 1.07 bits per heavy atom. The first kappa shape index (κ1) is 19.2. The van der Waals surface area contributed by atoms with Gasteiger partial charge in [0.25, 0.3) is 10.0 Å². The van der Waals surface area contributed by atoms with Gasteiger partial charge in [-0.2, -0.15) is 5.10 Å².